The number of rotatable bonds is 5. The molecule has 0 aliphatic rings. The standard InChI is InChI=1S/C26H27N9O.2BrH/c1-16(33-34-25(28)29)17-3-6-20(7-4-17)31-26(36)32-21-10-8-19(9-11-21)30-23-13-14-35(2)24-12-5-18(27)15-22(23)24;;/h3-15H,27H2,1-2H3,(H4,28,29,34)(H2,31,32,36);2*1H/b30-23?,33-16+;;. The van der Waals surface area contributed by atoms with Crippen molar-refractivity contribution in [3.63, 3.8) is 0 Å². The number of benzene rings is 3. The zero-order valence-electron chi connectivity index (χ0n) is 20.8. The van der Waals surface area contributed by atoms with Crippen LogP contribution in [0.25, 0.3) is 10.9 Å². The van der Waals surface area contributed by atoms with Gasteiger partial charge in [0.2, 0.25) is 5.96 Å². The molecule has 12 heteroatoms. The van der Waals surface area contributed by atoms with Gasteiger partial charge in [0.1, 0.15) is 0 Å². The van der Waals surface area contributed by atoms with E-state index >= 15 is 0 Å². The van der Waals surface area contributed by atoms with Crippen LogP contribution < -0.4 is 33.2 Å². The molecule has 3 aromatic carbocycles. The summed E-state index contributed by atoms with van der Waals surface area (Å²) in [6.45, 7) is 1.78. The number of pyridine rings is 1. The van der Waals surface area contributed by atoms with Gasteiger partial charge in [0, 0.05) is 35.7 Å². The second-order valence-corrected chi connectivity index (χ2v) is 8.11. The zero-order valence-corrected chi connectivity index (χ0v) is 24.2. The first-order chi connectivity index (χ1) is 17.3. The van der Waals surface area contributed by atoms with Crippen LogP contribution in [-0.2, 0) is 7.05 Å². The third-order valence-corrected chi connectivity index (χ3v) is 5.38. The zero-order chi connectivity index (χ0) is 25.7. The number of urea groups is 1. The Bertz CT molecular complexity index is 1540. The van der Waals surface area contributed by atoms with Crippen LogP contribution in [0.4, 0.5) is 27.5 Å². The summed E-state index contributed by atoms with van der Waals surface area (Å²) in [4.78, 5) is 17.2. The molecule has 8 N–H and O–H groups in total. The van der Waals surface area contributed by atoms with E-state index in [9.17, 15) is 4.79 Å². The lowest BCUT2D eigenvalue weighted by atomic mass is 10.1. The first kappa shape index (κ1) is 30.1. The molecule has 0 atom stereocenters. The molecule has 0 saturated heterocycles. The summed E-state index contributed by atoms with van der Waals surface area (Å²) in [7, 11) is 1.98. The van der Waals surface area contributed by atoms with Crippen LogP contribution in [0.15, 0.2) is 94.2 Å². The van der Waals surface area contributed by atoms with Crippen LogP contribution in [0.3, 0.4) is 0 Å². The molecule has 0 radical (unpaired) electrons. The molecular formula is C26H29Br2N9O. The minimum Gasteiger partial charge on any atom is -0.399 e. The van der Waals surface area contributed by atoms with E-state index in [-0.39, 0.29) is 46.0 Å². The predicted octanol–water partition coefficient (Wildman–Crippen LogP) is 4.79. The van der Waals surface area contributed by atoms with Gasteiger partial charge in [-0.3, -0.25) is 0 Å². The van der Waals surface area contributed by atoms with Crippen molar-refractivity contribution < 1.29 is 4.79 Å². The van der Waals surface area contributed by atoms with Crippen molar-refractivity contribution in [2.24, 2.45) is 33.7 Å². The highest BCUT2D eigenvalue weighted by Crippen LogP contribution is 2.18. The summed E-state index contributed by atoms with van der Waals surface area (Å²) in [6.07, 6.45) is 1.96. The average molecular weight is 643 g/mol. The number of hydrogen-bond donors (Lipinski definition) is 5. The van der Waals surface area contributed by atoms with E-state index < -0.39 is 0 Å². The second kappa shape index (κ2) is 13.4. The Morgan fingerprint density at radius 2 is 1.45 bits per heavy atom. The second-order valence-electron chi connectivity index (χ2n) is 8.11. The lowest BCUT2D eigenvalue weighted by Crippen LogP contribution is -2.22. The van der Waals surface area contributed by atoms with E-state index in [2.05, 4.69) is 20.8 Å². The van der Waals surface area contributed by atoms with Crippen molar-refractivity contribution in [2.45, 2.75) is 6.92 Å². The summed E-state index contributed by atoms with van der Waals surface area (Å²) in [5, 5.41) is 15.0. The fraction of sp³-hybridized carbons (Fsp3) is 0.0769. The molecule has 10 nitrogen and oxygen atoms in total. The molecule has 0 aliphatic heterocycles. The Balaban J connectivity index is 0.00000253. The highest BCUT2D eigenvalue weighted by molar-refractivity contribution is 8.93. The minimum absolute atomic E-state index is 0. The number of nitrogen functional groups attached to an aromatic ring is 1. The SMILES string of the molecule is Br.Br.C/C(=N\N=C(N)N)c1ccc(NC(=O)Nc2ccc(N=c3ccn(C)c4ccc(N)cc34)cc2)cc1. The predicted molar refractivity (Wildman–Crippen MR) is 167 cm³/mol. The Morgan fingerprint density at radius 3 is 2.05 bits per heavy atom. The number of nitrogens with zero attached hydrogens (tertiary/aromatic N) is 4. The maximum Gasteiger partial charge on any atom is 0.323 e. The van der Waals surface area contributed by atoms with Crippen LogP contribution in [0.2, 0.25) is 0 Å². The molecule has 4 aromatic rings. The van der Waals surface area contributed by atoms with Gasteiger partial charge in [-0.15, -0.1) is 39.1 Å². The maximum atomic E-state index is 12.4. The van der Waals surface area contributed by atoms with Crippen LogP contribution in [-0.4, -0.2) is 22.3 Å². The lowest BCUT2D eigenvalue weighted by molar-refractivity contribution is 0.262. The highest BCUT2D eigenvalue weighted by Gasteiger charge is 2.05. The van der Waals surface area contributed by atoms with E-state index in [0.29, 0.717) is 22.8 Å². The Hall–Kier alpha value is -4.16. The summed E-state index contributed by atoms with van der Waals surface area (Å²) in [6, 6.07) is 21.8. The van der Waals surface area contributed by atoms with Gasteiger partial charge < -0.3 is 32.4 Å². The van der Waals surface area contributed by atoms with E-state index in [1.54, 1.807) is 31.2 Å². The third kappa shape index (κ3) is 7.67. The minimum atomic E-state index is -0.365. The molecule has 198 valence electrons. The number of carbonyl (C=O) groups excluding carboxylic acids is 1. The van der Waals surface area contributed by atoms with Gasteiger partial charge in [-0.1, -0.05) is 12.1 Å². The third-order valence-electron chi connectivity index (χ3n) is 5.38. The van der Waals surface area contributed by atoms with Crippen LogP contribution in [0, 0.1) is 0 Å². The van der Waals surface area contributed by atoms with E-state index in [1.807, 2.05) is 66.3 Å². The van der Waals surface area contributed by atoms with E-state index in [1.165, 1.54) is 0 Å². The fourth-order valence-corrected chi connectivity index (χ4v) is 3.55. The smallest absolute Gasteiger partial charge is 0.323 e. The van der Waals surface area contributed by atoms with Gasteiger partial charge in [0.05, 0.1) is 22.3 Å². The number of guanidine groups is 1. The maximum absolute atomic E-state index is 12.4. The van der Waals surface area contributed by atoms with E-state index in [4.69, 9.17) is 22.2 Å². The van der Waals surface area contributed by atoms with Gasteiger partial charge in [-0.25, -0.2) is 9.79 Å². The fourth-order valence-electron chi connectivity index (χ4n) is 3.55. The number of nitrogens with one attached hydrogen (secondary N) is 2. The highest BCUT2D eigenvalue weighted by atomic mass is 79.9. The molecule has 4 rings (SSSR count). The molecular weight excluding hydrogens is 614 g/mol. The monoisotopic (exact) mass is 641 g/mol. The number of halogens is 2. The number of nitrogens with two attached hydrogens (primary N) is 3. The van der Waals surface area contributed by atoms with Gasteiger partial charge in [-0.2, -0.15) is 5.10 Å². The molecule has 0 saturated carbocycles. The molecule has 0 bridgehead atoms. The molecule has 0 fully saturated rings. The first-order valence-corrected chi connectivity index (χ1v) is 11.1. The van der Waals surface area contributed by atoms with Crippen LogP contribution in [0.5, 0.6) is 0 Å². The number of carbonyl (C=O) groups is 1. The Labute approximate surface area is 240 Å². The molecule has 0 aliphatic carbocycles. The van der Waals surface area contributed by atoms with Crippen LogP contribution >= 0.6 is 34.0 Å². The largest absolute Gasteiger partial charge is 0.399 e. The molecule has 1 heterocycles. The summed E-state index contributed by atoms with van der Waals surface area (Å²) in [5.74, 6) is -0.112. The number of hydrogen-bond acceptors (Lipinski definition) is 5. The van der Waals surface area contributed by atoms with Crippen molar-refractivity contribution in [1.82, 2.24) is 4.57 Å². The van der Waals surface area contributed by atoms with Crippen molar-refractivity contribution >= 4 is 85.3 Å². The van der Waals surface area contributed by atoms with Gasteiger partial charge in [-0.05, 0) is 73.2 Å². The number of anilines is 3. The van der Waals surface area contributed by atoms with Crippen molar-refractivity contribution in [3.05, 3.63) is 89.9 Å². The quantitative estimate of drug-likeness (QED) is 0.0916. The summed E-state index contributed by atoms with van der Waals surface area (Å²) < 4.78 is 2.02. The summed E-state index contributed by atoms with van der Waals surface area (Å²) in [5.41, 5.74) is 21.8. The number of fused-ring (bicyclic) bond motifs is 1. The first-order valence-electron chi connectivity index (χ1n) is 11.1. The molecule has 38 heavy (non-hydrogen) atoms. The van der Waals surface area contributed by atoms with Gasteiger partial charge in [0.15, 0.2) is 0 Å². The Morgan fingerprint density at radius 1 is 0.842 bits per heavy atom. The van der Waals surface area contributed by atoms with Crippen molar-refractivity contribution in [2.75, 3.05) is 16.4 Å². The topological polar surface area (TPSA) is 161 Å². The number of aromatic nitrogens is 1. The molecule has 2 amide bonds. The number of aryl methyl sites for hydroxylation is 1. The normalized spacial score (nSPS) is 11.2. The van der Waals surface area contributed by atoms with Crippen LogP contribution in [0.1, 0.15) is 12.5 Å². The van der Waals surface area contributed by atoms with Crippen molar-refractivity contribution in [3.8, 4) is 0 Å². The summed E-state index contributed by atoms with van der Waals surface area (Å²) >= 11 is 0. The van der Waals surface area contributed by atoms with E-state index in [0.717, 1.165) is 27.5 Å². The van der Waals surface area contributed by atoms with Gasteiger partial charge in [0.25, 0.3) is 0 Å². The average Bonchev–Trinajstić information content (AvgIpc) is 2.86. The van der Waals surface area contributed by atoms with Gasteiger partial charge >= 0.3 is 6.03 Å². The molecule has 1 aromatic heterocycles. The van der Waals surface area contributed by atoms with Crippen molar-refractivity contribution in [1.29, 1.82) is 0 Å². The Kier molecular flexibility index (Phi) is 10.6. The lowest BCUT2D eigenvalue weighted by Gasteiger charge is -2.09. The number of amides is 2. The molecule has 0 unspecified atom stereocenters. The molecule has 0 spiro atoms.